The summed E-state index contributed by atoms with van der Waals surface area (Å²) in [5, 5.41) is 7.12. The summed E-state index contributed by atoms with van der Waals surface area (Å²) in [5.41, 5.74) is 0. The van der Waals surface area contributed by atoms with Crippen molar-refractivity contribution in [3.05, 3.63) is 0 Å². The Bertz CT molecular complexity index is 693. The largest absolute Gasteiger partial charge is 0.469 e. The van der Waals surface area contributed by atoms with E-state index in [1.165, 1.54) is 212 Å². The molecule has 0 aliphatic carbocycles. The molecule has 0 aliphatic rings. The van der Waals surface area contributed by atoms with Crippen LogP contribution in [0.15, 0.2) is 0 Å². The van der Waals surface area contributed by atoms with Gasteiger partial charge in [0.25, 0.3) is 0 Å². The lowest BCUT2D eigenvalue weighted by Gasteiger charge is -2.07. The van der Waals surface area contributed by atoms with Gasteiger partial charge < -0.3 is 20.4 Å². The van der Waals surface area contributed by atoms with Gasteiger partial charge in [-0.2, -0.15) is 0 Å². The summed E-state index contributed by atoms with van der Waals surface area (Å²) in [6.07, 6.45) is 43.0. The lowest BCUT2D eigenvalue weighted by molar-refractivity contribution is 0.193. The van der Waals surface area contributed by atoms with E-state index < -0.39 is 7.82 Å². The highest BCUT2D eigenvalue weighted by Crippen LogP contribution is 2.35. The average Bonchev–Trinajstić information content (AvgIpc) is 3.13. The fraction of sp³-hybridized carbons (Fsp3) is 1.00. The summed E-state index contributed by atoms with van der Waals surface area (Å²) in [6.45, 7) is 25.9. The zero-order valence-corrected chi connectivity index (χ0v) is 41.5. The lowest BCUT2D eigenvalue weighted by atomic mass is 10.0. The van der Waals surface area contributed by atoms with Crippen LogP contribution in [0.5, 0.6) is 0 Å². The van der Waals surface area contributed by atoms with Gasteiger partial charge in [0, 0.05) is 0 Å². The van der Waals surface area contributed by atoms with Crippen molar-refractivity contribution in [3.8, 4) is 0 Å². The van der Waals surface area contributed by atoms with Crippen molar-refractivity contribution >= 4 is 7.82 Å². The molecular formula is C50H109N2O4P. The molecule has 0 aliphatic heterocycles. The minimum Gasteiger partial charge on any atom is -0.317 e. The van der Waals surface area contributed by atoms with Crippen molar-refractivity contribution in [2.45, 2.75) is 268 Å². The zero-order valence-electron chi connectivity index (χ0n) is 40.6. The van der Waals surface area contributed by atoms with Crippen molar-refractivity contribution in [2.75, 3.05) is 32.8 Å². The molecule has 0 aromatic heterocycles. The van der Waals surface area contributed by atoms with Crippen LogP contribution < -0.4 is 10.6 Å². The van der Waals surface area contributed by atoms with Crippen LogP contribution >= 0.6 is 7.82 Å². The highest BCUT2D eigenvalue weighted by molar-refractivity contribution is 7.46. The number of hydrogen-bond acceptors (Lipinski definition) is 4. The third-order valence-corrected chi connectivity index (χ3v) is 11.3. The fourth-order valence-corrected chi connectivity index (χ4v) is 7.37. The molecule has 4 N–H and O–H groups in total. The Labute approximate surface area is 360 Å². The van der Waals surface area contributed by atoms with Gasteiger partial charge in [0.15, 0.2) is 0 Å². The second kappa shape index (κ2) is 50.4. The molecule has 0 aromatic rings. The van der Waals surface area contributed by atoms with E-state index in [1.54, 1.807) is 0 Å². The Morgan fingerprint density at radius 3 is 0.825 bits per heavy atom. The normalized spacial score (nSPS) is 11.8. The van der Waals surface area contributed by atoms with Crippen molar-refractivity contribution in [1.82, 2.24) is 10.6 Å². The van der Waals surface area contributed by atoms with E-state index in [-0.39, 0.29) is 6.61 Å². The summed E-state index contributed by atoms with van der Waals surface area (Å²) >= 11 is 0. The molecule has 0 heterocycles. The van der Waals surface area contributed by atoms with Gasteiger partial charge in [-0.05, 0) is 82.0 Å². The second-order valence-corrected chi connectivity index (χ2v) is 20.3. The maximum Gasteiger partial charge on any atom is 0.469 e. The number of rotatable bonds is 42. The van der Waals surface area contributed by atoms with Crippen LogP contribution in [0.4, 0.5) is 0 Å². The lowest BCUT2D eigenvalue weighted by Crippen LogP contribution is -2.16. The van der Waals surface area contributed by atoms with E-state index >= 15 is 0 Å². The molecule has 348 valence electrons. The van der Waals surface area contributed by atoms with Crippen LogP contribution in [-0.2, 0) is 9.09 Å². The van der Waals surface area contributed by atoms with Crippen molar-refractivity contribution in [3.63, 3.8) is 0 Å². The van der Waals surface area contributed by atoms with E-state index in [0.29, 0.717) is 0 Å². The smallest absolute Gasteiger partial charge is 0.317 e. The second-order valence-electron chi connectivity index (χ2n) is 19.1. The van der Waals surface area contributed by atoms with Crippen LogP contribution in [0.1, 0.15) is 268 Å². The molecule has 0 unspecified atom stereocenters. The van der Waals surface area contributed by atoms with E-state index in [9.17, 15) is 4.57 Å². The average molecular weight is 833 g/mol. The maximum absolute atomic E-state index is 10.5. The first-order valence-electron chi connectivity index (χ1n) is 25.4. The Morgan fingerprint density at radius 2 is 0.596 bits per heavy atom. The number of nitrogens with one attached hydrogen (secondary N) is 2. The quantitative estimate of drug-likeness (QED) is 0.0362. The van der Waals surface area contributed by atoms with E-state index in [0.717, 1.165) is 42.9 Å². The molecule has 0 bridgehead atoms. The maximum atomic E-state index is 10.5. The van der Waals surface area contributed by atoms with Gasteiger partial charge in [-0.1, -0.05) is 236 Å². The van der Waals surface area contributed by atoms with Crippen LogP contribution in [0.2, 0.25) is 0 Å². The van der Waals surface area contributed by atoms with E-state index in [1.807, 2.05) is 0 Å². The van der Waals surface area contributed by atoms with Crippen molar-refractivity contribution in [2.24, 2.45) is 23.7 Å². The Balaban J connectivity index is -0.000000781. The fourth-order valence-electron chi connectivity index (χ4n) is 7.00. The molecule has 57 heavy (non-hydrogen) atoms. The van der Waals surface area contributed by atoms with Crippen LogP contribution in [0, 0.1) is 23.7 Å². The third-order valence-electron chi connectivity index (χ3n) is 10.8. The molecule has 0 rings (SSSR count). The molecule has 0 aromatic carbocycles. The van der Waals surface area contributed by atoms with Crippen LogP contribution in [0.25, 0.3) is 0 Å². The monoisotopic (exact) mass is 833 g/mol. The number of unbranched alkanes of at least 4 members (excludes halogenated alkanes) is 23. The topological polar surface area (TPSA) is 90.8 Å². The Morgan fingerprint density at radius 1 is 0.368 bits per heavy atom. The third kappa shape index (κ3) is 70.9. The minimum absolute atomic E-state index is 0.169. The zero-order chi connectivity index (χ0) is 43.1. The van der Waals surface area contributed by atoms with Crippen LogP contribution in [0.3, 0.4) is 0 Å². The standard InChI is InChI=1S/C18H39O4P.2C16H35N/c1-2-3-4-5-6-7-8-9-10-11-12-13-14-15-16-17-18-22-23(19,20)21;2*1-15(2)11-7-5-9-13-17-14-10-6-8-12-16(3)4/h2-18H2,1H3,(H2,19,20,21);2*15-17H,5-14H2,1-4H3. The van der Waals surface area contributed by atoms with Gasteiger partial charge in [-0.3, -0.25) is 4.52 Å². The van der Waals surface area contributed by atoms with Crippen molar-refractivity contribution in [1.29, 1.82) is 0 Å². The molecule has 0 saturated heterocycles. The first-order chi connectivity index (χ1) is 27.3. The first kappa shape index (κ1) is 61.3. The van der Waals surface area contributed by atoms with Crippen LogP contribution in [-0.4, -0.2) is 42.6 Å². The molecule has 0 atom stereocenters. The summed E-state index contributed by atoms with van der Waals surface area (Å²) in [6, 6.07) is 0. The summed E-state index contributed by atoms with van der Waals surface area (Å²) < 4.78 is 14.9. The van der Waals surface area contributed by atoms with Gasteiger partial charge in [0.1, 0.15) is 0 Å². The molecule has 0 amide bonds. The Kier molecular flexibility index (Phi) is 54.2. The predicted octanol–water partition coefficient (Wildman–Crippen LogP) is 16.4. The molecule has 0 spiro atoms. The molecule has 0 saturated carbocycles. The van der Waals surface area contributed by atoms with Gasteiger partial charge in [0.05, 0.1) is 6.61 Å². The first-order valence-corrected chi connectivity index (χ1v) is 27.0. The molecular weight excluding hydrogens is 724 g/mol. The van der Waals surface area contributed by atoms with E-state index in [2.05, 4.69) is 77.5 Å². The van der Waals surface area contributed by atoms with Gasteiger partial charge in [-0.15, -0.1) is 0 Å². The highest BCUT2D eigenvalue weighted by Gasteiger charge is 2.12. The van der Waals surface area contributed by atoms with Gasteiger partial charge in [0.2, 0.25) is 0 Å². The molecule has 0 fully saturated rings. The SMILES string of the molecule is CC(C)CCCCCNCCCCCC(C)C.CC(C)CCCCCNCCCCCC(C)C.CCCCCCCCCCCCCCCCCCOP(=O)(O)O. The number of phosphoric acid groups is 1. The molecule has 6 nitrogen and oxygen atoms in total. The number of hydrogen-bond donors (Lipinski definition) is 4. The highest BCUT2D eigenvalue weighted by atomic mass is 31.2. The predicted molar refractivity (Wildman–Crippen MR) is 257 cm³/mol. The minimum atomic E-state index is -4.26. The van der Waals surface area contributed by atoms with Gasteiger partial charge >= 0.3 is 7.82 Å². The Hall–Kier alpha value is 0.0300. The molecule has 0 radical (unpaired) electrons. The molecule has 7 heteroatoms. The van der Waals surface area contributed by atoms with Crippen molar-refractivity contribution < 1.29 is 18.9 Å². The summed E-state index contributed by atoms with van der Waals surface area (Å²) in [4.78, 5) is 17.1. The summed E-state index contributed by atoms with van der Waals surface area (Å²) in [5.74, 6) is 3.51. The number of phosphoric ester groups is 1. The van der Waals surface area contributed by atoms with E-state index in [4.69, 9.17) is 9.79 Å². The summed E-state index contributed by atoms with van der Waals surface area (Å²) in [7, 11) is -4.26. The van der Waals surface area contributed by atoms with Gasteiger partial charge in [-0.25, -0.2) is 4.57 Å².